The number of amides is 1. The number of benzene rings is 2. The standard InChI is InChI=1S/C26H26F3N5O4/c1-16-11-22(38)34-24(33(16)13-21(37)30-20-9-7-19(8-10-20)26(27,28)29)31-23(32-34)18-5-3-17(4-6-18)12-25(2,14-35)15-36/h3-11,35-36H,12-15H2,1-2H3,(H,30,37). The van der Waals surface area contributed by atoms with Crippen molar-refractivity contribution in [1.29, 1.82) is 0 Å². The van der Waals surface area contributed by atoms with Crippen LogP contribution in [0.5, 0.6) is 0 Å². The van der Waals surface area contributed by atoms with Gasteiger partial charge in [-0.2, -0.15) is 22.7 Å². The minimum Gasteiger partial charge on any atom is -0.396 e. The lowest BCUT2D eigenvalue weighted by molar-refractivity contribution is -0.137. The number of aryl methyl sites for hydroxylation is 1. The quantitative estimate of drug-likeness (QED) is 0.323. The first-order valence-corrected chi connectivity index (χ1v) is 11.7. The average molecular weight is 530 g/mol. The van der Waals surface area contributed by atoms with Gasteiger partial charge in [0.1, 0.15) is 6.54 Å². The van der Waals surface area contributed by atoms with Crippen LogP contribution < -0.4 is 10.9 Å². The Morgan fingerprint density at radius 1 is 1.03 bits per heavy atom. The summed E-state index contributed by atoms with van der Waals surface area (Å²) >= 11 is 0. The number of nitrogens with zero attached hydrogens (tertiary/aromatic N) is 4. The zero-order valence-corrected chi connectivity index (χ0v) is 20.7. The fraction of sp³-hybridized carbons (Fsp3) is 0.308. The summed E-state index contributed by atoms with van der Waals surface area (Å²) in [5.41, 5.74) is 0.223. The number of aliphatic hydroxyl groups is 2. The molecule has 0 saturated carbocycles. The van der Waals surface area contributed by atoms with Crippen molar-refractivity contribution < 1.29 is 28.2 Å². The largest absolute Gasteiger partial charge is 0.416 e. The SMILES string of the molecule is Cc1cc(=O)n2nc(-c3ccc(CC(C)(CO)CO)cc3)nc2n1CC(=O)Nc1ccc(C(F)(F)F)cc1. The summed E-state index contributed by atoms with van der Waals surface area (Å²) in [6.07, 6.45) is -4.02. The number of hydrogen-bond donors (Lipinski definition) is 3. The first-order valence-electron chi connectivity index (χ1n) is 11.7. The molecule has 12 heteroatoms. The van der Waals surface area contributed by atoms with Crippen molar-refractivity contribution in [3.63, 3.8) is 0 Å². The molecule has 200 valence electrons. The number of halogens is 3. The van der Waals surface area contributed by atoms with Crippen LogP contribution in [0.4, 0.5) is 18.9 Å². The Hall–Kier alpha value is -4.03. The Kier molecular flexibility index (Phi) is 7.38. The summed E-state index contributed by atoms with van der Waals surface area (Å²) in [7, 11) is 0. The zero-order valence-electron chi connectivity index (χ0n) is 20.7. The molecule has 38 heavy (non-hydrogen) atoms. The smallest absolute Gasteiger partial charge is 0.396 e. The number of fused-ring (bicyclic) bond motifs is 1. The molecule has 2 aromatic heterocycles. The number of carbonyl (C=O) groups excluding carboxylic acids is 1. The summed E-state index contributed by atoms with van der Waals surface area (Å²) in [6, 6.07) is 12.6. The van der Waals surface area contributed by atoms with Crippen molar-refractivity contribution in [3.05, 3.63) is 81.8 Å². The van der Waals surface area contributed by atoms with E-state index in [-0.39, 0.29) is 37.0 Å². The first-order chi connectivity index (χ1) is 17.9. The molecule has 0 aliphatic carbocycles. The highest BCUT2D eigenvalue weighted by Crippen LogP contribution is 2.30. The molecule has 0 radical (unpaired) electrons. The molecule has 0 unspecified atom stereocenters. The topological polar surface area (TPSA) is 122 Å². The maximum absolute atomic E-state index is 12.8. The van der Waals surface area contributed by atoms with E-state index in [0.717, 1.165) is 34.3 Å². The van der Waals surface area contributed by atoms with Crippen LogP contribution in [-0.4, -0.2) is 48.5 Å². The van der Waals surface area contributed by atoms with Crippen LogP contribution in [-0.2, 0) is 23.9 Å². The third kappa shape index (κ3) is 5.76. The van der Waals surface area contributed by atoms with E-state index in [2.05, 4.69) is 15.4 Å². The van der Waals surface area contributed by atoms with Crippen LogP contribution in [0.25, 0.3) is 17.2 Å². The van der Waals surface area contributed by atoms with Crippen LogP contribution in [0.15, 0.2) is 59.4 Å². The predicted molar refractivity (Wildman–Crippen MR) is 133 cm³/mol. The van der Waals surface area contributed by atoms with Gasteiger partial charge in [-0.1, -0.05) is 31.2 Å². The van der Waals surface area contributed by atoms with Crippen molar-refractivity contribution in [2.24, 2.45) is 5.41 Å². The summed E-state index contributed by atoms with van der Waals surface area (Å²) in [4.78, 5) is 29.7. The summed E-state index contributed by atoms with van der Waals surface area (Å²) in [5.74, 6) is -0.142. The average Bonchev–Trinajstić information content (AvgIpc) is 3.33. The molecule has 2 heterocycles. The van der Waals surface area contributed by atoms with Crippen LogP contribution in [0, 0.1) is 12.3 Å². The van der Waals surface area contributed by atoms with Gasteiger partial charge >= 0.3 is 6.18 Å². The molecular formula is C26H26F3N5O4. The molecule has 9 nitrogen and oxygen atoms in total. The third-order valence-electron chi connectivity index (χ3n) is 6.20. The van der Waals surface area contributed by atoms with Crippen LogP contribution in [0.1, 0.15) is 23.7 Å². The monoisotopic (exact) mass is 529 g/mol. The molecule has 0 fully saturated rings. The highest BCUT2D eigenvalue weighted by atomic mass is 19.4. The van der Waals surface area contributed by atoms with Gasteiger partial charge in [-0.15, -0.1) is 5.10 Å². The molecule has 1 amide bonds. The molecule has 4 aromatic rings. The number of alkyl halides is 3. The summed E-state index contributed by atoms with van der Waals surface area (Å²) < 4.78 is 40.9. The maximum atomic E-state index is 12.8. The molecule has 0 aliphatic rings. The van der Waals surface area contributed by atoms with E-state index in [4.69, 9.17) is 0 Å². The van der Waals surface area contributed by atoms with Crippen LogP contribution >= 0.6 is 0 Å². The number of hydrogen-bond acceptors (Lipinski definition) is 6. The molecule has 0 aliphatic heterocycles. The van der Waals surface area contributed by atoms with Crippen molar-refractivity contribution in [2.45, 2.75) is 33.0 Å². The van der Waals surface area contributed by atoms with E-state index in [1.54, 1.807) is 26.0 Å². The van der Waals surface area contributed by atoms with E-state index >= 15 is 0 Å². The minimum absolute atomic E-state index is 0.129. The van der Waals surface area contributed by atoms with Crippen molar-refractivity contribution in [3.8, 4) is 11.4 Å². The second-order valence-corrected chi connectivity index (χ2v) is 9.48. The van der Waals surface area contributed by atoms with Crippen molar-refractivity contribution >= 4 is 17.4 Å². The molecule has 3 N–H and O–H groups in total. The second-order valence-electron chi connectivity index (χ2n) is 9.48. The minimum atomic E-state index is -4.48. The van der Waals surface area contributed by atoms with Gasteiger partial charge in [0.15, 0.2) is 5.82 Å². The first kappa shape index (κ1) is 27.0. The fourth-order valence-corrected chi connectivity index (χ4v) is 3.93. The lowest BCUT2D eigenvalue weighted by Gasteiger charge is -2.24. The molecule has 2 aromatic carbocycles. The van der Waals surface area contributed by atoms with Gasteiger partial charge in [0.2, 0.25) is 11.7 Å². The molecule has 0 spiro atoms. The molecule has 0 saturated heterocycles. The fourth-order valence-electron chi connectivity index (χ4n) is 3.93. The molecular weight excluding hydrogens is 503 g/mol. The van der Waals surface area contributed by atoms with Crippen molar-refractivity contribution in [1.82, 2.24) is 19.2 Å². The van der Waals surface area contributed by atoms with Crippen LogP contribution in [0.2, 0.25) is 0 Å². The van der Waals surface area contributed by atoms with Crippen molar-refractivity contribution in [2.75, 3.05) is 18.5 Å². The number of nitrogens with one attached hydrogen (secondary N) is 1. The number of rotatable bonds is 8. The normalized spacial score (nSPS) is 12.2. The Labute approximate surface area is 215 Å². The van der Waals surface area contributed by atoms with Crippen LogP contribution in [0.3, 0.4) is 0 Å². The van der Waals surface area contributed by atoms with E-state index in [1.807, 2.05) is 12.1 Å². The third-order valence-corrected chi connectivity index (χ3v) is 6.20. The Bertz CT molecular complexity index is 1510. The van der Waals surface area contributed by atoms with Gasteiger partial charge in [0.25, 0.3) is 5.56 Å². The van der Waals surface area contributed by atoms with Gasteiger partial charge in [-0.3, -0.25) is 9.59 Å². The van der Waals surface area contributed by atoms with Gasteiger partial charge in [-0.25, -0.2) is 0 Å². The highest BCUT2D eigenvalue weighted by molar-refractivity contribution is 5.90. The van der Waals surface area contributed by atoms with E-state index in [1.165, 1.54) is 10.6 Å². The van der Waals surface area contributed by atoms with Gasteiger partial charge in [0, 0.05) is 28.4 Å². The molecule has 0 atom stereocenters. The Morgan fingerprint density at radius 3 is 2.24 bits per heavy atom. The summed E-state index contributed by atoms with van der Waals surface area (Å²) in [5, 5.41) is 25.9. The molecule has 0 bridgehead atoms. The van der Waals surface area contributed by atoms with Gasteiger partial charge < -0.3 is 20.1 Å². The summed E-state index contributed by atoms with van der Waals surface area (Å²) in [6.45, 7) is 2.81. The number of aromatic nitrogens is 4. The molecule has 4 rings (SSSR count). The van der Waals surface area contributed by atoms with Gasteiger partial charge in [0.05, 0.1) is 18.8 Å². The van der Waals surface area contributed by atoms with E-state index < -0.39 is 28.6 Å². The number of carbonyl (C=O) groups is 1. The highest BCUT2D eigenvalue weighted by Gasteiger charge is 2.30. The lowest BCUT2D eigenvalue weighted by atomic mass is 9.85. The number of anilines is 1. The number of aliphatic hydroxyl groups excluding tert-OH is 2. The second kappa shape index (κ2) is 10.4. The predicted octanol–water partition coefficient (Wildman–Crippen LogP) is 3.06. The van der Waals surface area contributed by atoms with Gasteiger partial charge in [-0.05, 0) is 43.2 Å². The Morgan fingerprint density at radius 2 is 1.66 bits per heavy atom. The van der Waals surface area contributed by atoms with E-state index in [0.29, 0.717) is 17.7 Å². The van der Waals surface area contributed by atoms with E-state index in [9.17, 15) is 33.0 Å². The Balaban J connectivity index is 1.58. The zero-order chi connectivity index (χ0) is 27.7. The lowest BCUT2D eigenvalue weighted by Crippen LogP contribution is -2.28. The maximum Gasteiger partial charge on any atom is 0.416 e.